The Bertz CT molecular complexity index is 572. The maximum atomic E-state index is 10.8. The van der Waals surface area contributed by atoms with E-state index in [2.05, 4.69) is 35.3 Å². The number of aromatic nitrogens is 4. The van der Waals surface area contributed by atoms with Gasteiger partial charge in [0.25, 0.3) is 11.6 Å². The molecule has 2 rings (SSSR count). The summed E-state index contributed by atoms with van der Waals surface area (Å²) < 4.78 is 8.39. The molecule has 2 aromatic rings. The fourth-order valence-electron chi connectivity index (χ4n) is 0.649. The Hall–Kier alpha value is -2.72. The summed E-state index contributed by atoms with van der Waals surface area (Å²) in [5, 5.41) is 16.8. The van der Waals surface area contributed by atoms with E-state index in [9.17, 15) is 9.59 Å². The topological polar surface area (TPSA) is 155 Å². The number of anilines is 1. The van der Waals surface area contributed by atoms with Gasteiger partial charge in [0.15, 0.2) is 0 Å². The zero-order chi connectivity index (χ0) is 10.7. The SMILES string of the molecule is O=c1[nH]onc1N=NNc1no[nH]c1=O. The van der Waals surface area contributed by atoms with Crippen LogP contribution in [0.4, 0.5) is 11.6 Å². The first-order valence-electron chi connectivity index (χ1n) is 3.53. The highest BCUT2D eigenvalue weighted by molar-refractivity contribution is 5.26. The fraction of sp³-hybridized carbons (Fsp3) is 0. The number of hydrogen-bond donors (Lipinski definition) is 3. The summed E-state index contributed by atoms with van der Waals surface area (Å²) in [5.41, 5.74) is 0.882. The fourth-order valence-corrected chi connectivity index (χ4v) is 0.649. The molecule has 11 heteroatoms. The van der Waals surface area contributed by atoms with Crippen LogP contribution in [-0.2, 0) is 0 Å². The molecule has 0 aromatic carbocycles. The average molecular weight is 213 g/mol. The van der Waals surface area contributed by atoms with E-state index < -0.39 is 11.1 Å². The molecule has 0 fully saturated rings. The van der Waals surface area contributed by atoms with E-state index in [1.165, 1.54) is 0 Å². The second-order valence-electron chi connectivity index (χ2n) is 2.21. The zero-order valence-electron chi connectivity index (χ0n) is 6.92. The van der Waals surface area contributed by atoms with E-state index in [0.29, 0.717) is 0 Å². The van der Waals surface area contributed by atoms with Crippen LogP contribution in [0.25, 0.3) is 0 Å². The molecule has 0 radical (unpaired) electrons. The first-order valence-corrected chi connectivity index (χ1v) is 3.53. The zero-order valence-corrected chi connectivity index (χ0v) is 6.92. The van der Waals surface area contributed by atoms with E-state index in [4.69, 9.17) is 0 Å². The molecular weight excluding hydrogens is 210 g/mol. The van der Waals surface area contributed by atoms with Crippen LogP contribution in [0.3, 0.4) is 0 Å². The van der Waals surface area contributed by atoms with Crippen LogP contribution in [0.5, 0.6) is 0 Å². The lowest BCUT2D eigenvalue weighted by molar-refractivity contribution is 0.304. The second kappa shape index (κ2) is 3.57. The maximum Gasteiger partial charge on any atom is 0.329 e. The van der Waals surface area contributed by atoms with Gasteiger partial charge in [-0.15, -0.1) is 5.11 Å². The monoisotopic (exact) mass is 213 g/mol. The van der Waals surface area contributed by atoms with Gasteiger partial charge in [0.05, 0.1) is 0 Å². The van der Waals surface area contributed by atoms with Crippen molar-refractivity contribution in [1.82, 2.24) is 20.6 Å². The number of nitrogens with one attached hydrogen (secondary N) is 3. The minimum Gasteiger partial charge on any atom is -0.265 e. The van der Waals surface area contributed by atoms with Crippen molar-refractivity contribution in [1.29, 1.82) is 0 Å². The van der Waals surface area contributed by atoms with Crippen LogP contribution in [0.2, 0.25) is 0 Å². The van der Waals surface area contributed by atoms with Gasteiger partial charge in [-0.25, -0.2) is 5.43 Å². The third-order valence-corrected chi connectivity index (χ3v) is 1.26. The molecule has 0 amide bonds. The number of aromatic amines is 2. The Balaban J connectivity index is 2.09. The summed E-state index contributed by atoms with van der Waals surface area (Å²) in [6, 6.07) is 0. The van der Waals surface area contributed by atoms with Crippen molar-refractivity contribution in [2.24, 2.45) is 10.3 Å². The summed E-state index contributed by atoms with van der Waals surface area (Å²) >= 11 is 0. The van der Waals surface area contributed by atoms with Crippen LogP contribution in [-0.4, -0.2) is 20.6 Å². The van der Waals surface area contributed by atoms with Gasteiger partial charge >= 0.3 is 11.1 Å². The van der Waals surface area contributed by atoms with Crippen molar-refractivity contribution < 1.29 is 9.26 Å². The van der Waals surface area contributed by atoms with Crippen LogP contribution in [0, 0.1) is 0 Å². The van der Waals surface area contributed by atoms with Crippen LogP contribution >= 0.6 is 0 Å². The van der Waals surface area contributed by atoms with Crippen molar-refractivity contribution in [3.63, 3.8) is 0 Å². The predicted octanol–water partition coefficient (Wildman–Crippen LogP) is -0.850. The minimum atomic E-state index is -0.644. The van der Waals surface area contributed by atoms with Crippen molar-refractivity contribution in [2.45, 2.75) is 0 Å². The smallest absolute Gasteiger partial charge is 0.265 e. The van der Waals surface area contributed by atoms with Gasteiger partial charge in [0.1, 0.15) is 0 Å². The summed E-state index contributed by atoms with van der Waals surface area (Å²) in [6.07, 6.45) is 0. The molecule has 0 aliphatic heterocycles. The molecule has 2 heterocycles. The first kappa shape index (κ1) is 8.86. The molecule has 11 nitrogen and oxygen atoms in total. The third kappa shape index (κ3) is 1.79. The molecule has 2 aromatic heterocycles. The van der Waals surface area contributed by atoms with E-state index in [-0.39, 0.29) is 11.6 Å². The van der Waals surface area contributed by atoms with Crippen LogP contribution in [0.1, 0.15) is 0 Å². The van der Waals surface area contributed by atoms with Gasteiger partial charge in [-0.05, 0) is 10.3 Å². The van der Waals surface area contributed by atoms with E-state index in [0.717, 1.165) is 0 Å². The predicted molar refractivity (Wildman–Crippen MR) is 42.4 cm³/mol. The van der Waals surface area contributed by atoms with E-state index in [1.807, 2.05) is 10.3 Å². The van der Waals surface area contributed by atoms with Crippen molar-refractivity contribution in [2.75, 3.05) is 5.43 Å². The minimum absolute atomic E-state index is 0.196. The Morgan fingerprint density at radius 1 is 1.13 bits per heavy atom. The van der Waals surface area contributed by atoms with E-state index in [1.54, 1.807) is 0 Å². The standard InChI is InChI=1S/C4H3N7O4/c12-3-1(7-14-9-3)5-11-6-2-4(13)10-15-8-2/h(H,9,12)(H,10,13)(H,5,6,7,8). The van der Waals surface area contributed by atoms with Crippen LogP contribution in [0.15, 0.2) is 29.2 Å². The Labute approximate surface area is 79.1 Å². The van der Waals surface area contributed by atoms with Gasteiger partial charge in [-0.3, -0.25) is 18.8 Å². The first-order chi connectivity index (χ1) is 7.27. The molecule has 0 atom stereocenters. The summed E-state index contributed by atoms with van der Waals surface area (Å²) in [4.78, 5) is 21.6. The normalized spacial score (nSPS) is 10.9. The van der Waals surface area contributed by atoms with Crippen molar-refractivity contribution in [3.05, 3.63) is 20.7 Å². The molecule has 0 spiro atoms. The maximum absolute atomic E-state index is 10.8. The largest absolute Gasteiger partial charge is 0.329 e. The van der Waals surface area contributed by atoms with Gasteiger partial charge in [-0.2, -0.15) is 10.3 Å². The quantitative estimate of drug-likeness (QED) is 0.442. The molecule has 15 heavy (non-hydrogen) atoms. The molecule has 0 unspecified atom stereocenters. The van der Waals surface area contributed by atoms with E-state index >= 15 is 0 Å². The molecule has 3 N–H and O–H groups in total. The van der Waals surface area contributed by atoms with Crippen molar-refractivity contribution in [3.8, 4) is 0 Å². The number of hydrogen-bond acceptors (Lipinski definition) is 8. The number of nitrogens with zero attached hydrogens (tertiary/aromatic N) is 4. The summed E-state index contributed by atoms with van der Waals surface area (Å²) in [5.74, 6) is -0.485. The molecule has 0 saturated carbocycles. The lowest BCUT2D eigenvalue weighted by atomic mass is 10.8. The molecule has 0 bridgehead atoms. The number of H-pyrrole nitrogens is 2. The number of rotatable bonds is 3. The van der Waals surface area contributed by atoms with Gasteiger partial charge in [0, 0.05) is 0 Å². The average Bonchev–Trinajstić information content (AvgIpc) is 2.78. The summed E-state index contributed by atoms with van der Waals surface area (Å²) in [7, 11) is 0. The Kier molecular flexibility index (Phi) is 2.11. The molecule has 0 aliphatic rings. The second-order valence-corrected chi connectivity index (χ2v) is 2.21. The highest BCUT2D eigenvalue weighted by atomic mass is 16.6. The van der Waals surface area contributed by atoms with Crippen LogP contribution < -0.4 is 16.5 Å². The lowest BCUT2D eigenvalue weighted by Gasteiger charge is -1.84. The molecule has 0 saturated heterocycles. The van der Waals surface area contributed by atoms with Crippen molar-refractivity contribution >= 4 is 11.6 Å². The van der Waals surface area contributed by atoms with Gasteiger partial charge < -0.3 is 0 Å². The highest BCUT2D eigenvalue weighted by Gasteiger charge is 2.03. The van der Waals surface area contributed by atoms with Gasteiger partial charge in [-0.1, -0.05) is 5.22 Å². The molecule has 78 valence electrons. The Morgan fingerprint density at radius 3 is 2.47 bits per heavy atom. The lowest BCUT2D eigenvalue weighted by Crippen LogP contribution is -2.04. The Morgan fingerprint density at radius 2 is 1.87 bits per heavy atom. The highest BCUT2D eigenvalue weighted by Crippen LogP contribution is 1.98. The molecular formula is C4H3N7O4. The third-order valence-electron chi connectivity index (χ3n) is 1.26. The van der Waals surface area contributed by atoms with Gasteiger partial charge in [0.2, 0.25) is 0 Å². The molecule has 0 aliphatic carbocycles. The summed E-state index contributed by atoms with van der Waals surface area (Å²) in [6.45, 7) is 0.